The molecule has 0 bridgehead atoms. The Kier molecular flexibility index (Phi) is 3.00. The van der Waals surface area contributed by atoms with E-state index in [9.17, 15) is 4.79 Å². The minimum Gasteiger partial charge on any atom is -0.462 e. The molecular formula is C12H12N2O2. The first-order chi connectivity index (χ1) is 7.81. The first-order valence-electron chi connectivity index (χ1n) is 5.08. The second kappa shape index (κ2) is 4.61. The molecule has 0 spiro atoms. The number of H-pyrrole nitrogens is 1. The Balaban J connectivity index is 2.30. The molecule has 0 saturated carbocycles. The average molecular weight is 216 g/mol. The van der Waals surface area contributed by atoms with Gasteiger partial charge < -0.3 is 9.72 Å². The van der Waals surface area contributed by atoms with Crippen LogP contribution in [-0.4, -0.2) is 22.5 Å². The number of nitrogens with zero attached hydrogens (tertiary/aromatic N) is 1. The van der Waals surface area contributed by atoms with Gasteiger partial charge in [-0.25, -0.2) is 9.78 Å². The minimum atomic E-state index is -0.309. The number of rotatable bonds is 3. The number of ether oxygens (including phenoxy) is 1. The lowest BCUT2D eigenvalue weighted by atomic mass is 10.1. The summed E-state index contributed by atoms with van der Waals surface area (Å²) in [4.78, 5) is 18.6. The smallest absolute Gasteiger partial charge is 0.338 e. The molecule has 4 heteroatoms. The van der Waals surface area contributed by atoms with Gasteiger partial charge in [0.1, 0.15) is 5.82 Å². The molecule has 1 aromatic heterocycles. The summed E-state index contributed by atoms with van der Waals surface area (Å²) in [5, 5.41) is 0. The van der Waals surface area contributed by atoms with Crippen molar-refractivity contribution in [3.8, 4) is 11.4 Å². The van der Waals surface area contributed by atoms with Crippen LogP contribution in [0.5, 0.6) is 0 Å². The van der Waals surface area contributed by atoms with Crippen molar-refractivity contribution in [2.24, 2.45) is 0 Å². The quantitative estimate of drug-likeness (QED) is 0.800. The maximum absolute atomic E-state index is 11.5. The molecule has 1 N–H and O–H groups in total. The number of aromatic amines is 1. The molecule has 0 aliphatic rings. The fourth-order valence-corrected chi connectivity index (χ4v) is 1.43. The van der Waals surface area contributed by atoms with Crippen LogP contribution in [0.3, 0.4) is 0 Å². The molecule has 0 atom stereocenters. The summed E-state index contributed by atoms with van der Waals surface area (Å²) in [6.45, 7) is 2.16. The average Bonchev–Trinajstić information content (AvgIpc) is 2.83. The van der Waals surface area contributed by atoms with E-state index in [0.29, 0.717) is 12.2 Å². The van der Waals surface area contributed by atoms with E-state index < -0.39 is 0 Å². The molecule has 0 aliphatic carbocycles. The zero-order valence-corrected chi connectivity index (χ0v) is 8.93. The summed E-state index contributed by atoms with van der Waals surface area (Å²) >= 11 is 0. The lowest BCUT2D eigenvalue weighted by molar-refractivity contribution is 0.0526. The predicted octanol–water partition coefficient (Wildman–Crippen LogP) is 2.25. The third-order valence-corrected chi connectivity index (χ3v) is 2.15. The lowest BCUT2D eigenvalue weighted by Gasteiger charge is -2.03. The van der Waals surface area contributed by atoms with Crippen LogP contribution in [0.25, 0.3) is 11.4 Å². The van der Waals surface area contributed by atoms with E-state index in [1.165, 1.54) is 0 Å². The van der Waals surface area contributed by atoms with Crippen molar-refractivity contribution >= 4 is 5.97 Å². The highest BCUT2D eigenvalue weighted by Crippen LogP contribution is 2.16. The Morgan fingerprint density at radius 1 is 1.50 bits per heavy atom. The molecule has 0 fully saturated rings. The largest absolute Gasteiger partial charge is 0.462 e. The van der Waals surface area contributed by atoms with E-state index >= 15 is 0 Å². The van der Waals surface area contributed by atoms with Crippen LogP contribution < -0.4 is 0 Å². The summed E-state index contributed by atoms with van der Waals surface area (Å²) in [5.41, 5.74) is 1.41. The van der Waals surface area contributed by atoms with E-state index in [0.717, 1.165) is 11.4 Å². The standard InChI is InChI=1S/C12H12N2O2/c1-2-16-12(15)10-5-3-4-9(8-10)11-13-6-7-14-11/h3-8H,2H2,1H3,(H,13,14). The maximum atomic E-state index is 11.5. The van der Waals surface area contributed by atoms with Gasteiger partial charge in [0, 0.05) is 18.0 Å². The van der Waals surface area contributed by atoms with Gasteiger partial charge in [-0.2, -0.15) is 0 Å². The number of benzene rings is 1. The van der Waals surface area contributed by atoms with E-state index in [-0.39, 0.29) is 5.97 Å². The van der Waals surface area contributed by atoms with Gasteiger partial charge in [-0.15, -0.1) is 0 Å². The summed E-state index contributed by atoms with van der Waals surface area (Å²) in [5.74, 6) is 0.432. The third-order valence-electron chi connectivity index (χ3n) is 2.15. The fourth-order valence-electron chi connectivity index (χ4n) is 1.43. The van der Waals surface area contributed by atoms with Crippen molar-refractivity contribution in [2.45, 2.75) is 6.92 Å². The number of nitrogens with one attached hydrogen (secondary N) is 1. The molecular weight excluding hydrogens is 204 g/mol. The fraction of sp³-hybridized carbons (Fsp3) is 0.167. The Hall–Kier alpha value is -2.10. The number of aromatic nitrogens is 2. The van der Waals surface area contributed by atoms with Crippen LogP contribution in [0.15, 0.2) is 36.7 Å². The van der Waals surface area contributed by atoms with Crippen LogP contribution in [0, 0.1) is 0 Å². The lowest BCUT2D eigenvalue weighted by Crippen LogP contribution is -2.04. The number of esters is 1. The molecule has 0 radical (unpaired) electrons. The Bertz CT molecular complexity index is 478. The van der Waals surface area contributed by atoms with Gasteiger partial charge in [-0.3, -0.25) is 0 Å². The Labute approximate surface area is 93.3 Å². The van der Waals surface area contributed by atoms with Gasteiger partial charge in [0.25, 0.3) is 0 Å². The topological polar surface area (TPSA) is 55.0 Å². The van der Waals surface area contributed by atoms with Crippen molar-refractivity contribution in [2.75, 3.05) is 6.61 Å². The molecule has 4 nitrogen and oxygen atoms in total. The molecule has 82 valence electrons. The van der Waals surface area contributed by atoms with E-state index in [2.05, 4.69) is 9.97 Å². The van der Waals surface area contributed by atoms with Crippen molar-refractivity contribution in [1.82, 2.24) is 9.97 Å². The zero-order valence-electron chi connectivity index (χ0n) is 8.93. The van der Waals surface area contributed by atoms with Crippen molar-refractivity contribution in [1.29, 1.82) is 0 Å². The normalized spacial score (nSPS) is 10.1. The van der Waals surface area contributed by atoms with Crippen LogP contribution in [-0.2, 0) is 4.74 Å². The Morgan fingerprint density at radius 2 is 2.38 bits per heavy atom. The minimum absolute atomic E-state index is 0.309. The number of hydrogen-bond donors (Lipinski definition) is 1. The molecule has 2 aromatic rings. The van der Waals surface area contributed by atoms with Gasteiger partial charge in [0.15, 0.2) is 0 Å². The predicted molar refractivity (Wildman–Crippen MR) is 60.0 cm³/mol. The number of carbonyl (C=O) groups excluding carboxylic acids is 1. The molecule has 0 unspecified atom stereocenters. The van der Waals surface area contributed by atoms with Crippen molar-refractivity contribution < 1.29 is 9.53 Å². The maximum Gasteiger partial charge on any atom is 0.338 e. The van der Waals surface area contributed by atoms with Gasteiger partial charge in [0.05, 0.1) is 12.2 Å². The van der Waals surface area contributed by atoms with Gasteiger partial charge in [0.2, 0.25) is 0 Å². The summed E-state index contributed by atoms with van der Waals surface area (Å²) in [6, 6.07) is 7.19. The van der Waals surface area contributed by atoms with E-state index in [4.69, 9.17) is 4.74 Å². The Morgan fingerprint density at radius 3 is 3.06 bits per heavy atom. The molecule has 2 rings (SSSR count). The van der Waals surface area contributed by atoms with Crippen LogP contribution >= 0.6 is 0 Å². The molecule has 0 amide bonds. The second-order valence-electron chi connectivity index (χ2n) is 3.24. The highest BCUT2D eigenvalue weighted by molar-refractivity contribution is 5.90. The highest BCUT2D eigenvalue weighted by atomic mass is 16.5. The van der Waals surface area contributed by atoms with Crippen molar-refractivity contribution in [3.05, 3.63) is 42.2 Å². The first kappa shape index (κ1) is 10.4. The van der Waals surface area contributed by atoms with Gasteiger partial charge in [-0.1, -0.05) is 12.1 Å². The van der Waals surface area contributed by atoms with E-state index in [1.54, 1.807) is 31.5 Å². The molecule has 0 aliphatic heterocycles. The molecule has 1 heterocycles. The highest BCUT2D eigenvalue weighted by Gasteiger charge is 2.08. The SMILES string of the molecule is CCOC(=O)c1cccc(-c2ncc[nH]2)c1. The van der Waals surface area contributed by atoms with Gasteiger partial charge >= 0.3 is 5.97 Å². The number of imidazole rings is 1. The number of hydrogen-bond acceptors (Lipinski definition) is 3. The first-order valence-corrected chi connectivity index (χ1v) is 5.08. The monoisotopic (exact) mass is 216 g/mol. The van der Waals surface area contributed by atoms with Crippen LogP contribution in [0.2, 0.25) is 0 Å². The third kappa shape index (κ3) is 2.11. The molecule has 16 heavy (non-hydrogen) atoms. The summed E-state index contributed by atoms with van der Waals surface area (Å²) in [7, 11) is 0. The number of carbonyl (C=O) groups is 1. The second-order valence-corrected chi connectivity index (χ2v) is 3.24. The van der Waals surface area contributed by atoms with Crippen molar-refractivity contribution in [3.63, 3.8) is 0 Å². The van der Waals surface area contributed by atoms with Gasteiger partial charge in [-0.05, 0) is 19.1 Å². The van der Waals surface area contributed by atoms with Crippen LogP contribution in [0.1, 0.15) is 17.3 Å². The summed E-state index contributed by atoms with van der Waals surface area (Å²) < 4.78 is 4.93. The zero-order chi connectivity index (χ0) is 11.4. The van der Waals surface area contributed by atoms with Crippen LogP contribution in [0.4, 0.5) is 0 Å². The molecule has 1 aromatic carbocycles. The molecule has 0 saturated heterocycles. The van der Waals surface area contributed by atoms with E-state index in [1.807, 2.05) is 12.1 Å². The summed E-state index contributed by atoms with van der Waals surface area (Å²) in [6.07, 6.45) is 3.42.